The maximum absolute atomic E-state index is 5.77. The van der Waals surface area contributed by atoms with Gasteiger partial charge in [0.1, 0.15) is 0 Å². The Kier molecular flexibility index (Phi) is 8.20. The van der Waals surface area contributed by atoms with Gasteiger partial charge in [0, 0.05) is 37.0 Å². The largest absolute Gasteiger partial charge is 0.329 e. The molecule has 0 saturated heterocycles. The van der Waals surface area contributed by atoms with Crippen molar-refractivity contribution in [2.75, 3.05) is 19.6 Å². The first-order valence-corrected chi connectivity index (χ1v) is 8.78. The molecular weight excluding hydrogens is 326 g/mol. The number of hydrogen-bond donors (Lipinski definition) is 1. The van der Waals surface area contributed by atoms with Crippen LogP contribution in [0.1, 0.15) is 37.0 Å². The van der Waals surface area contributed by atoms with Crippen LogP contribution in [-0.4, -0.2) is 29.5 Å². The van der Waals surface area contributed by atoms with E-state index in [1.54, 1.807) is 11.3 Å². The zero-order valence-electron chi connectivity index (χ0n) is 14.3. The fourth-order valence-corrected chi connectivity index (χ4v) is 3.24. The van der Waals surface area contributed by atoms with Crippen molar-refractivity contribution < 1.29 is 0 Å². The topological polar surface area (TPSA) is 42.2 Å². The molecule has 0 unspecified atom stereocenters. The Balaban J connectivity index is 0.00000264. The molecule has 0 radical (unpaired) electrons. The van der Waals surface area contributed by atoms with Gasteiger partial charge in [-0.05, 0) is 12.0 Å². The van der Waals surface area contributed by atoms with E-state index in [1.165, 1.54) is 10.6 Å². The third-order valence-electron chi connectivity index (χ3n) is 3.58. The number of nitrogens with two attached hydrogens (primary N) is 1. The van der Waals surface area contributed by atoms with Crippen molar-refractivity contribution >= 4 is 23.7 Å². The van der Waals surface area contributed by atoms with E-state index in [-0.39, 0.29) is 17.8 Å². The molecular formula is C18H28ClN3S. The van der Waals surface area contributed by atoms with Crippen LogP contribution >= 0.6 is 23.7 Å². The summed E-state index contributed by atoms with van der Waals surface area (Å²) < 4.78 is 0. The SMILES string of the molecule is CC(C)(C)c1nc(CN(CCN)CCc2ccccc2)cs1.Cl. The molecule has 2 N–H and O–H groups in total. The summed E-state index contributed by atoms with van der Waals surface area (Å²) in [5.74, 6) is 0. The van der Waals surface area contributed by atoms with Crippen molar-refractivity contribution in [2.24, 2.45) is 5.73 Å². The molecule has 0 saturated carbocycles. The lowest BCUT2D eigenvalue weighted by molar-refractivity contribution is 0.273. The van der Waals surface area contributed by atoms with Crippen LogP contribution in [0.15, 0.2) is 35.7 Å². The van der Waals surface area contributed by atoms with Crippen molar-refractivity contribution in [3.05, 3.63) is 52.0 Å². The zero-order chi connectivity index (χ0) is 16.0. The van der Waals surface area contributed by atoms with Gasteiger partial charge in [0.25, 0.3) is 0 Å². The van der Waals surface area contributed by atoms with Crippen LogP contribution in [0.5, 0.6) is 0 Å². The number of thiazole rings is 1. The quantitative estimate of drug-likeness (QED) is 0.821. The number of nitrogens with zero attached hydrogens (tertiary/aromatic N) is 2. The molecule has 1 aromatic heterocycles. The Morgan fingerprint density at radius 3 is 2.39 bits per heavy atom. The standard InChI is InChI=1S/C18H27N3S.ClH/c1-18(2,3)17-20-16(14-22-17)13-21(12-10-19)11-9-15-7-5-4-6-8-15;/h4-8,14H,9-13,19H2,1-3H3;1H. The van der Waals surface area contributed by atoms with E-state index in [4.69, 9.17) is 10.7 Å². The summed E-state index contributed by atoms with van der Waals surface area (Å²) in [5.41, 5.74) is 8.43. The van der Waals surface area contributed by atoms with Gasteiger partial charge in [-0.1, -0.05) is 51.1 Å². The predicted octanol–water partition coefficient (Wildman–Crippen LogP) is 3.87. The fourth-order valence-electron chi connectivity index (χ4n) is 2.34. The highest BCUT2D eigenvalue weighted by molar-refractivity contribution is 7.09. The Morgan fingerprint density at radius 1 is 1.13 bits per heavy atom. The molecule has 0 atom stereocenters. The van der Waals surface area contributed by atoms with Gasteiger partial charge in [0.05, 0.1) is 10.7 Å². The monoisotopic (exact) mass is 353 g/mol. The average molecular weight is 354 g/mol. The summed E-state index contributed by atoms with van der Waals surface area (Å²) in [6, 6.07) is 10.6. The van der Waals surface area contributed by atoms with Gasteiger partial charge in [-0.15, -0.1) is 23.7 Å². The van der Waals surface area contributed by atoms with Crippen molar-refractivity contribution in [1.82, 2.24) is 9.88 Å². The van der Waals surface area contributed by atoms with Gasteiger partial charge in [-0.25, -0.2) is 4.98 Å². The highest BCUT2D eigenvalue weighted by Gasteiger charge is 2.18. The minimum Gasteiger partial charge on any atom is -0.329 e. The second-order valence-corrected chi connectivity index (χ2v) is 7.55. The van der Waals surface area contributed by atoms with Crippen LogP contribution in [0.3, 0.4) is 0 Å². The van der Waals surface area contributed by atoms with E-state index in [0.717, 1.165) is 31.7 Å². The molecule has 0 aliphatic rings. The molecule has 0 bridgehead atoms. The Morgan fingerprint density at radius 2 is 1.83 bits per heavy atom. The molecule has 1 aromatic carbocycles. The third-order valence-corrected chi connectivity index (χ3v) is 4.90. The lowest BCUT2D eigenvalue weighted by Crippen LogP contribution is -2.31. The number of aromatic nitrogens is 1. The summed E-state index contributed by atoms with van der Waals surface area (Å²) in [4.78, 5) is 7.19. The summed E-state index contributed by atoms with van der Waals surface area (Å²) in [7, 11) is 0. The molecule has 0 aliphatic heterocycles. The van der Waals surface area contributed by atoms with Gasteiger partial charge >= 0.3 is 0 Å². The molecule has 1 heterocycles. The molecule has 3 nitrogen and oxygen atoms in total. The average Bonchev–Trinajstić information content (AvgIpc) is 2.95. The molecule has 2 rings (SSSR count). The third kappa shape index (κ3) is 6.60. The Hall–Kier alpha value is -0.940. The Labute approximate surface area is 150 Å². The molecule has 128 valence electrons. The van der Waals surface area contributed by atoms with E-state index in [2.05, 4.69) is 61.4 Å². The van der Waals surface area contributed by atoms with Gasteiger partial charge in [-0.3, -0.25) is 4.90 Å². The first-order chi connectivity index (χ1) is 10.5. The van der Waals surface area contributed by atoms with E-state index >= 15 is 0 Å². The maximum atomic E-state index is 5.77. The van der Waals surface area contributed by atoms with Gasteiger partial charge < -0.3 is 5.73 Å². The van der Waals surface area contributed by atoms with Crippen LogP contribution in [0, 0.1) is 0 Å². The van der Waals surface area contributed by atoms with Crippen LogP contribution in [0.25, 0.3) is 0 Å². The summed E-state index contributed by atoms with van der Waals surface area (Å²) >= 11 is 1.76. The van der Waals surface area contributed by atoms with E-state index < -0.39 is 0 Å². The smallest absolute Gasteiger partial charge is 0.0982 e. The van der Waals surface area contributed by atoms with Crippen molar-refractivity contribution in [3.8, 4) is 0 Å². The fraction of sp³-hybridized carbons (Fsp3) is 0.500. The van der Waals surface area contributed by atoms with Crippen LogP contribution < -0.4 is 5.73 Å². The first-order valence-electron chi connectivity index (χ1n) is 7.90. The molecule has 5 heteroatoms. The van der Waals surface area contributed by atoms with Crippen molar-refractivity contribution in [2.45, 2.75) is 39.2 Å². The molecule has 0 fully saturated rings. The summed E-state index contributed by atoms with van der Waals surface area (Å²) in [6.45, 7) is 10.1. The molecule has 0 aliphatic carbocycles. The predicted molar refractivity (Wildman–Crippen MR) is 103 cm³/mol. The van der Waals surface area contributed by atoms with Crippen LogP contribution in [-0.2, 0) is 18.4 Å². The van der Waals surface area contributed by atoms with Gasteiger partial charge in [0.2, 0.25) is 0 Å². The highest BCUT2D eigenvalue weighted by Crippen LogP contribution is 2.26. The minimum absolute atomic E-state index is 0. The minimum atomic E-state index is 0. The molecule has 0 amide bonds. The van der Waals surface area contributed by atoms with Crippen molar-refractivity contribution in [1.29, 1.82) is 0 Å². The number of rotatable bonds is 7. The van der Waals surface area contributed by atoms with E-state index in [1.807, 2.05) is 0 Å². The summed E-state index contributed by atoms with van der Waals surface area (Å²) in [5, 5.41) is 3.39. The van der Waals surface area contributed by atoms with Crippen molar-refractivity contribution in [3.63, 3.8) is 0 Å². The van der Waals surface area contributed by atoms with Crippen LogP contribution in [0.4, 0.5) is 0 Å². The Bertz CT molecular complexity index is 563. The zero-order valence-corrected chi connectivity index (χ0v) is 15.9. The van der Waals surface area contributed by atoms with E-state index in [9.17, 15) is 0 Å². The van der Waals surface area contributed by atoms with Gasteiger partial charge in [-0.2, -0.15) is 0 Å². The molecule has 2 aromatic rings. The van der Waals surface area contributed by atoms with Crippen LogP contribution in [0.2, 0.25) is 0 Å². The lowest BCUT2D eigenvalue weighted by atomic mass is 9.98. The second kappa shape index (κ2) is 9.38. The lowest BCUT2D eigenvalue weighted by Gasteiger charge is -2.20. The highest BCUT2D eigenvalue weighted by atomic mass is 35.5. The normalized spacial score (nSPS) is 11.5. The number of halogens is 1. The molecule has 0 spiro atoms. The summed E-state index contributed by atoms with van der Waals surface area (Å²) in [6.07, 6.45) is 1.05. The van der Waals surface area contributed by atoms with Gasteiger partial charge in [0.15, 0.2) is 0 Å². The number of hydrogen-bond acceptors (Lipinski definition) is 4. The first kappa shape index (κ1) is 20.1. The second-order valence-electron chi connectivity index (χ2n) is 6.69. The van der Waals surface area contributed by atoms with E-state index in [0.29, 0.717) is 6.54 Å². The molecule has 23 heavy (non-hydrogen) atoms. The number of benzene rings is 1. The maximum Gasteiger partial charge on any atom is 0.0982 e.